The second-order valence-electron chi connectivity index (χ2n) is 6.41. The van der Waals surface area contributed by atoms with Gasteiger partial charge in [-0.15, -0.1) is 22.7 Å². The van der Waals surface area contributed by atoms with Crippen LogP contribution in [0.4, 0.5) is 5.00 Å². The molecule has 0 amide bonds. The Labute approximate surface area is 180 Å². The molecule has 0 saturated heterocycles. The van der Waals surface area contributed by atoms with Gasteiger partial charge in [0.05, 0.1) is 15.1 Å². The highest BCUT2D eigenvalue weighted by atomic mass is 35.5. The number of aromatic nitrogens is 1. The summed E-state index contributed by atoms with van der Waals surface area (Å²) in [6, 6.07) is 20.1. The molecular weight excluding hydrogens is 444 g/mol. The second kappa shape index (κ2) is 7.11. The van der Waals surface area contributed by atoms with E-state index >= 15 is 0 Å². The summed E-state index contributed by atoms with van der Waals surface area (Å²) in [5.74, 6) is 0. The van der Waals surface area contributed by atoms with Crippen molar-refractivity contribution in [1.29, 1.82) is 0 Å². The molecule has 0 aliphatic rings. The molecule has 0 saturated carbocycles. The van der Waals surface area contributed by atoms with Crippen LogP contribution in [-0.4, -0.2) is 13.4 Å². The van der Waals surface area contributed by atoms with Gasteiger partial charge in [-0.05, 0) is 58.6 Å². The third-order valence-electron chi connectivity index (χ3n) is 4.50. The summed E-state index contributed by atoms with van der Waals surface area (Å²) in [7, 11) is -3.74. The summed E-state index contributed by atoms with van der Waals surface area (Å²) in [5, 5.41) is 5.53. The highest BCUT2D eigenvalue weighted by molar-refractivity contribution is 7.93. The Morgan fingerprint density at radius 1 is 0.931 bits per heavy atom. The van der Waals surface area contributed by atoms with Crippen molar-refractivity contribution in [2.45, 2.75) is 4.90 Å². The first-order valence-electron chi connectivity index (χ1n) is 8.65. The van der Waals surface area contributed by atoms with Gasteiger partial charge in [0.1, 0.15) is 10.0 Å². The van der Waals surface area contributed by atoms with E-state index in [1.165, 1.54) is 11.3 Å². The molecule has 3 aromatic carbocycles. The maximum absolute atomic E-state index is 13.0. The van der Waals surface area contributed by atoms with Gasteiger partial charge in [0.15, 0.2) is 0 Å². The highest BCUT2D eigenvalue weighted by Crippen LogP contribution is 2.38. The molecule has 144 valence electrons. The van der Waals surface area contributed by atoms with E-state index < -0.39 is 10.0 Å². The van der Waals surface area contributed by atoms with E-state index in [0.717, 1.165) is 31.6 Å². The SMILES string of the molecule is O=S(=O)(Nc1sccc1-c1nc2ccccc2s1)c1ccc2cc(Cl)ccc2c1. The van der Waals surface area contributed by atoms with E-state index in [0.29, 0.717) is 10.0 Å². The topological polar surface area (TPSA) is 59.1 Å². The third kappa shape index (κ3) is 3.51. The molecule has 2 aromatic heterocycles. The molecule has 0 aliphatic heterocycles. The smallest absolute Gasteiger partial charge is 0.262 e. The summed E-state index contributed by atoms with van der Waals surface area (Å²) >= 11 is 8.90. The number of anilines is 1. The zero-order valence-corrected chi connectivity index (χ0v) is 18.0. The van der Waals surface area contributed by atoms with Crippen LogP contribution in [0.25, 0.3) is 31.6 Å². The van der Waals surface area contributed by atoms with Crippen LogP contribution >= 0.6 is 34.3 Å². The van der Waals surface area contributed by atoms with Gasteiger partial charge in [0, 0.05) is 10.6 Å². The maximum Gasteiger partial charge on any atom is 0.262 e. The van der Waals surface area contributed by atoms with Gasteiger partial charge >= 0.3 is 0 Å². The lowest BCUT2D eigenvalue weighted by Crippen LogP contribution is -2.12. The van der Waals surface area contributed by atoms with Crippen molar-refractivity contribution in [2.75, 3.05) is 4.72 Å². The second-order valence-corrected chi connectivity index (χ2v) is 10.5. The molecule has 0 atom stereocenters. The summed E-state index contributed by atoms with van der Waals surface area (Å²) < 4.78 is 29.8. The van der Waals surface area contributed by atoms with Gasteiger partial charge in [-0.2, -0.15) is 0 Å². The lowest BCUT2D eigenvalue weighted by molar-refractivity contribution is 0.601. The van der Waals surface area contributed by atoms with Crippen LogP contribution in [0.1, 0.15) is 0 Å². The predicted molar refractivity (Wildman–Crippen MR) is 123 cm³/mol. The van der Waals surface area contributed by atoms with E-state index in [9.17, 15) is 8.42 Å². The number of hydrogen-bond acceptors (Lipinski definition) is 5. The predicted octanol–water partition coefficient (Wildman–Crippen LogP) is 6.63. The number of nitrogens with one attached hydrogen (secondary N) is 1. The van der Waals surface area contributed by atoms with Gasteiger partial charge in [0.25, 0.3) is 10.0 Å². The third-order valence-corrected chi connectivity index (χ3v) is 8.11. The zero-order chi connectivity index (χ0) is 20.0. The number of para-hydroxylation sites is 1. The fraction of sp³-hybridized carbons (Fsp3) is 0. The van der Waals surface area contributed by atoms with Crippen LogP contribution in [0.15, 0.2) is 77.0 Å². The first kappa shape index (κ1) is 18.6. The van der Waals surface area contributed by atoms with Crippen LogP contribution in [0, 0.1) is 0 Å². The van der Waals surface area contributed by atoms with E-state index in [1.54, 1.807) is 35.6 Å². The minimum Gasteiger partial charge on any atom is -0.270 e. The number of fused-ring (bicyclic) bond motifs is 2. The number of halogens is 1. The van der Waals surface area contributed by atoms with E-state index in [4.69, 9.17) is 11.6 Å². The van der Waals surface area contributed by atoms with Gasteiger partial charge in [-0.1, -0.05) is 35.9 Å². The van der Waals surface area contributed by atoms with Crippen molar-refractivity contribution in [3.05, 3.63) is 77.1 Å². The maximum atomic E-state index is 13.0. The van der Waals surface area contributed by atoms with Crippen molar-refractivity contribution in [3.8, 4) is 10.6 Å². The molecule has 5 aromatic rings. The molecule has 5 rings (SSSR count). The fourth-order valence-corrected chi connectivity index (χ4v) is 6.48. The average molecular weight is 457 g/mol. The molecule has 0 aliphatic carbocycles. The molecule has 29 heavy (non-hydrogen) atoms. The Balaban J connectivity index is 1.52. The number of rotatable bonds is 4. The molecule has 0 spiro atoms. The molecule has 1 N–H and O–H groups in total. The number of benzene rings is 3. The van der Waals surface area contributed by atoms with Crippen LogP contribution < -0.4 is 4.72 Å². The first-order valence-corrected chi connectivity index (χ1v) is 12.2. The summed E-state index contributed by atoms with van der Waals surface area (Å²) in [6.45, 7) is 0. The number of thiophene rings is 1. The van der Waals surface area contributed by atoms with E-state index in [1.807, 2.05) is 47.8 Å². The number of hydrogen-bond donors (Lipinski definition) is 1. The molecular formula is C21H13ClN2O2S3. The first-order chi connectivity index (χ1) is 14.0. The normalized spacial score (nSPS) is 11.9. The van der Waals surface area contributed by atoms with Gasteiger partial charge in [-0.3, -0.25) is 4.72 Å². The number of nitrogens with zero attached hydrogens (tertiary/aromatic N) is 1. The van der Waals surface area contributed by atoms with Gasteiger partial charge in [0.2, 0.25) is 0 Å². The largest absolute Gasteiger partial charge is 0.270 e. The Bertz CT molecular complexity index is 1440. The lowest BCUT2D eigenvalue weighted by atomic mass is 10.1. The van der Waals surface area contributed by atoms with Crippen molar-refractivity contribution in [2.24, 2.45) is 0 Å². The Morgan fingerprint density at radius 2 is 1.72 bits per heavy atom. The van der Waals surface area contributed by atoms with Crippen molar-refractivity contribution < 1.29 is 8.42 Å². The molecule has 8 heteroatoms. The van der Waals surface area contributed by atoms with E-state index in [-0.39, 0.29) is 4.90 Å². The van der Waals surface area contributed by atoms with Crippen molar-refractivity contribution >= 4 is 70.3 Å². The standard InChI is InChI=1S/C21H13ClN2O2S3/c22-15-7-5-14-12-16(8-6-13(14)11-15)29(25,26)24-21-17(9-10-27-21)20-23-18-3-1-2-4-19(18)28-20/h1-12,24H. The highest BCUT2D eigenvalue weighted by Gasteiger charge is 2.19. The monoisotopic (exact) mass is 456 g/mol. The van der Waals surface area contributed by atoms with Gasteiger partial charge < -0.3 is 0 Å². The molecule has 0 unspecified atom stereocenters. The lowest BCUT2D eigenvalue weighted by Gasteiger charge is -2.09. The van der Waals surface area contributed by atoms with Crippen LogP contribution in [-0.2, 0) is 10.0 Å². The molecule has 4 nitrogen and oxygen atoms in total. The fourth-order valence-electron chi connectivity index (χ4n) is 3.09. The minimum absolute atomic E-state index is 0.205. The van der Waals surface area contributed by atoms with E-state index in [2.05, 4.69) is 9.71 Å². The minimum atomic E-state index is -3.74. The number of thiazole rings is 1. The Kier molecular flexibility index (Phi) is 4.55. The summed E-state index contributed by atoms with van der Waals surface area (Å²) in [6.07, 6.45) is 0. The Hall–Kier alpha value is -2.45. The van der Waals surface area contributed by atoms with Gasteiger partial charge in [-0.25, -0.2) is 13.4 Å². The Morgan fingerprint density at radius 3 is 2.59 bits per heavy atom. The molecule has 2 heterocycles. The molecule has 0 fully saturated rings. The van der Waals surface area contributed by atoms with Crippen molar-refractivity contribution in [3.63, 3.8) is 0 Å². The van der Waals surface area contributed by atoms with Crippen LogP contribution in [0.5, 0.6) is 0 Å². The quantitative estimate of drug-likeness (QED) is 0.330. The summed E-state index contributed by atoms with van der Waals surface area (Å²) in [5.41, 5.74) is 1.69. The summed E-state index contributed by atoms with van der Waals surface area (Å²) in [4.78, 5) is 4.85. The van der Waals surface area contributed by atoms with Crippen molar-refractivity contribution in [1.82, 2.24) is 4.98 Å². The molecule has 0 bridgehead atoms. The zero-order valence-electron chi connectivity index (χ0n) is 14.8. The average Bonchev–Trinajstić information content (AvgIpc) is 3.33. The number of sulfonamides is 1. The molecule has 0 radical (unpaired) electrons. The van der Waals surface area contributed by atoms with Crippen LogP contribution in [0.2, 0.25) is 5.02 Å². The van der Waals surface area contributed by atoms with Crippen LogP contribution in [0.3, 0.4) is 0 Å².